The zero-order valence-corrected chi connectivity index (χ0v) is 10.7. The van der Waals surface area contributed by atoms with Gasteiger partial charge in [0.25, 0.3) is 0 Å². The molecule has 0 aromatic carbocycles. The van der Waals surface area contributed by atoms with Crippen LogP contribution >= 0.6 is 0 Å². The Labute approximate surface area is 99.5 Å². The van der Waals surface area contributed by atoms with Crippen molar-refractivity contribution in [2.75, 3.05) is 0 Å². The van der Waals surface area contributed by atoms with Crippen molar-refractivity contribution in [3.8, 4) is 0 Å². The molecule has 0 N–H and O–H groups in total. The molecule has 13 heavy (non-hydrogen) atoms. The first-order valence-corrected chi connectivity index (χ1v) is 5.83. The van der Waals surface area contributed by atoms with E-state index in [1.54, 1.807) is 0 Å². The minimum atomic E-state index is 0. The second-order valence-electron chi connectivity index (χ2n) is 3.41. The summed E-state index contributed by atoms with van der Waals surface area (Å²) in [6.07, 6.45) is 11.1. The molecule has 0 aromatic heterocycles. The van der Waals surface area contributed by atoms with Gasteiger partial charge in [0.2, 0.25) is 0 Å². The summed E-state index contributed by atoms with van der Waals surface area (Å²) in [5, 5.41) is 0. The summed E-state index contributed by atoms with van der Waals surface area (Å²) in [6, 6.07) is 0. The number of hydrogen-bond donors (Lipinski definition) is 0. The summed E-state index contributed by atoms with van der Waals surface area (Å²) in [5.41, 5.74) is 0. The minimum Gasteiger partial charge on any atom is -1.00 e. The molecule has 0 saturated heterocycles. The molecule has 0 rings (SSSR count). The summed E-state index contributed by atoms with van der Waals surface area (Å²) >= 11 is 0. The largest absolute Gasteiger partial charge is 1.00 e. The molecule has 0 amide bonds. The standard InChI is InChI=1S/2C6H14.Li.H/c2*1-3-5-6-4-2;;/h2*3-6H2,1-2H3;;/q;;+1;-1. The zero-order valence-electron chi connectivity index (χ0n) is 11.7. The van der Waals surface area contributed by atoms with Crippen LogP contribution in [0.1, 0.15) is 80.5 Å². The Morgan fingerprint density at radius 1 is 0.538 bits per heavy atom. The predicted molar refractivity (Wildman–Crippen MR) is 60.7 cm³/mol. The van der Waals surface area contributed by atoms with E-state index in [1.165, 1.54) is 51.4 Å². The van der Waals surface area contributed by atoms with E-state index >= 15 is 0 Å². The van der Waals surface area contributed by atoms with Gasteiger partial charge in [0, 0.05) is 0 Å². The quantitative estimate of drug-likeness (QED) is 0.434. The number of rotatable bonds is 6. The molecule has 0 spiro atoms. The summed E-state index contributed by atoms with van der Waals surface area (Å²) in [4.78, 5) is 0. The Bertz CT molecular complexity index is 42.3. The normalized spacial score (nSPS) is 8.31. The average molecular weight is 180 g/mol. The molecule has 0 bridgehead atoms. The molecule has 0 aliphatic carbocycles. The van der Waals surface area contributed by atoms with Crippen LogP contribution in [0.25, 0.3) is 0 Å². The van der Waals surface area contributed by atoms with Crippen LogP contribution in [0.2, 0.25) is 0 Å². The van der Waals surface area contributed by atoms with Crippen molar-refractivity contribution in [2.24, 2.45) is 0 Å². The molecule has 0 fully saturated rings. The van der Waals surface area contributed by atoms with Gasteiger partial charge < -0.3 is 1.43 Å². The van der Waals surface area contributed by atoms with Crippen molar-refractivity contribution in [1.82, 2.24) is 0 Å². The van der Waals surface area contributed by atoms with Crippen LogP contribution in [0.5, 0.6) is 0 Å². The van der Waals surface area contributed by atoms with Gasteiger partial charge in [-0.2, -0.15) is 0 Å². The van der Waals surface area contributed by atoms with E-state index in [1.807, 2.05) is 0 Å². The van der Waals surface area contributed by atoms with Crippen molar-refractivity contribution in [2.45, 2.75) is 79.1 Å². The molecule has 0 heterocycles. The van der Waals surface area contributed by atoms with Gasteiger partial charge in [-0.1, -0.05) is 79.1 Å². The van der Waals surface area contributed by atoms with E-state index < -0.39 is 0 Å². The van der Waals surface area contributed by atoms with Crippen molar-refractivity contribution in [3.05, 3.63) is 0 Å². The van der Waals surface area contributed by atoms with Crippen LogP contribution in [-0.4, -0.2) is 0 Å². The van der Waals surface area contributed by atoms with Crippen molar-refractivity contribution in [3.63, 3.8) is 0 Å². The number of unbranched alkanes of at least 4 members (excludes halogenated alkanes) is 6. The van der Waals surface area contributed by atoms with Gasteiger partial charge in [-0.05, 0) is 0 Å². The summed E-state index contributed by atoms with van der Waals surface area (Å²) in [7, 11) is 0. The third-order valence-corrected chi connectivity index (χ3v) is 1.91. The van der Waals surface area contributed by atoms with Gasteiger partial charge in [-0.15, -0.1) is 0 Å². The molecule has 0 atom stereocenters. The van der Waals surface area contributed by atoms with Crippen molar-refractivity contribution in [1.29, 1.82) is 0 Å². The van der Waals surface area contributed by atoms with Crippen LogP contribution < -0.4 is 18.9 Å². The van der Waals surface area contributed by atoms with E-state index in [0.29, 0.717) is 0 Å². The third-order valence-electron chi connectivity index (χ3n) is 1.91. The Kier molecular flexibility index (Phi) is 33.9. The fraction of sp³-hybridized carbons (Fsp3) is 1.00. The summed E-state index contributed by atoms with van der Waals surface area (Å²) in [5.74, 6) is 0. The van der Waals surface area contributed by atoms with Gasteiger partial charge >= 0.3 is 18.9 Å². The van der Waals surface area contributed by atoms with Crippen molar-refractivity contribution >= 4 is 0 Å². The molecule has 78 valence electrons. The van der Waals surface area contributed by atoms with Crippen LogP contribution in [0, 0.1) is 0 Å². The molecular formula is C12H29Li. The maximum atomic E-state index is 2.23. The van der Waals surface area contributed by atoms with Crippen LogP contribution in [-0.2, 0) is 0 Å². The Hall–Kier alpha value is 0.597. The van der Waals surface area contributed by atoms with Gasteiger partial charge in [0.1, 0.15) is 0 Å². The second kappa shape index (κ2) is 22.9. The first-order valence-electron chi connectivity index (χ1n) is 5.83. The molecule has 0 unspecified atom stereocenters. The summed E-state index contributed by atoms with van der Waals surface area (Å²) in [6.45, 7) is 8.93. The van der Waals surface area contributed by atoms with E-state index in [2.05, 4.69) is 27.7 Å². The molecule has 0 aliphatic heterocycles. The van der Waals surface area contributed by atoms with Crippen molar-refractivity contribution < 1.29 is 20.3 Å². The Morgan fingerprint density at radius 2 is 0.692 bits per heavy atom. The Morgan fingerprint density at radius 3 is 0.769 bits per heavy atom. The zero-order chi connectivity index (χ0) is 9.66. The molecule has 0 aromatic rings. The minimum absolute atomic E-state index is 0. The van der Waals surface area contributed by atoms with E-state index in [0.717, 1.165) is 0 Å². The topological polar surface area (TPSA) is 0 Å². The fourth-order valence-electron chi connectivity index (χ4n) is 1.000. The smallest absolute Gasteiger partial charge is 1.00 e. The van der Waals surface area contributed by atoms with Gasteiger partial charge in [-0.3, -0.25) is 0 Å². The number of hydrogen-bond acceptors (Lipinski definition) is 0. The molecule has 0 radical (unpaired) electrons. The van der Waals surface area contributed by atoms with E-state index in [4.69, 9.17) is 0 Å². The van der Waals surface area contributed by atoms with Gasteiger partial charge in [0.15, 0.2) is 0 Å². The molecule has 1 heteroatoms. The summed E-state index contributed by atoms with van der Waals surface area (Å²) < 4.78 is 0. The second-order valence-corrected chi connectivity index (χ2v) is 3.41. The van der Waals surface area contributed by atoms with Crippen LogP contribution in [0.4, 0.5) is 0 Å². The van der Waals surface area contributed by atoms with Gasteiger partial charge in [-0.25, -0.2) is 0 Å². The SMILES string of the molecule is CCCCCC.CCCCCC.[H-].[Li+]. The maximum Gasteiger partial charge on any atom is 1.00 e. The first kappa shape index (κ1) is 19.2. The van der Waals surface area contributed by atoms with E-state index in [-0.39, 0.29) is 20.3 Å². The molecular weight excluding hydrogens is 151 g/mol. The monoisotopic (exact) mass is 180 g/mol. The van der Waals surface area contributed by atoms with Gasteiger partial charge in [0.05, 0.1) is 0 Å². The molecule has 0 nitrogen and oxygen atoms in total. The maximum absolute atomic E-state index is 2.23. The average Bonchev–Trinajstić information content (AvgIpc) is 2.12. The fourth-order valence-corrected chi connectivity index (χ4v) is 1.000. The predicted octanol–water partition coefficient (Wildman–Crippen LogP) is 2.29. The van der Waals surface area contributed by atoms with Crippen LogP contribution in [0.15, 0.2) is 0 Å². The Balaban J connectivity index is -0.0000000625. The molecule has 0 saturated carbocycles. The first-order chi connectivity index (χ1) is 5.83. The molecule has 0 aliphatic rings. The third kappa shape index (κ3) is 32.5. The van der Waals surface area contributed by atoms with E-state index in [9.17, 15) is 0 Å². The van der Waals surface area contributed by atoms with Crippen LogP contribution in [0.3, 0.4) is 0 Å².